The highest BCUT2D eigenvalue weighted by atomic mass is 16.2. The van der Waals surface area contributed by atoms with Crippen LogP contribution in [-0.2, 0) is 6.42 Å². The van der Waals surface area contributed by atoms with Crippen LogP contribution in [0.3, 0.4) is 0 Å². The van der Waals surface area contributed by atoms with E-state index in [4.69, 9.17) is 0 Å². The molecule has 0 radical (unpaired) electrons. The molecule has 0 aliphatic heterocycles. The van der Waals surface area contributed by atoms with Crippen molar-refractivity contribution in [3.8, 4) is 0 Å². The van der Waals surface area contributed by atoms with Gasteiger partial charge in [-0.2, -0.15) is 0 Å². The number of nitrogens with one attached hydrogen (secondary N) is 2. The van der Waals surface area contributed by atoms with Gasteiger partial charge in [-0.1, -0.05) is 60.7 Å². The lowest BCUT2D eigenvalue weighted by molar-refractivity contribution is 0.227. The van der Waals surface area contributed by atoms with E-state index in [-0.39, 0.29) is 18.1 Å². The maximum Gasteiger partial charge on any atom is 0.315 e. The smallest absolute Gasteiger partial charge is 0.315 e. The third kappa shape index (κ3) is 5.33. The topological polar surface area (TPSA) is 44.4 Å². The second-order valence-electron chi connectivity index (χ2n) is 7.39. The fourth-order valence-electron chi connectivity index (χ4n) is 3.29. The number of nitrogens with zero attached hydrogens (tertiary/aromatic N) is 1. The van der Waals surface area contributed by atoms with Crippen LogP contribution in [0.15, 0.2) is 60.7 Å². The van der Waals surface area contributed by atoms with E-state index in [9.17, 15) is 4.79 Å². The summed E-state index contributed by atoms with van der Waals surface area (Å²) < 4.78 is 0. The van der Waals surface area contributed by atoms with Crippen LogP contribution < -0.4 is 10.6 Å². The molecule has 0 heterocycles. The first kappa shape index (κ1) is 18.5. The minimum absolute atomic E-state index is 0.0781. The highest BCUT2D eigenvalue weighted by molar-refractivity contribution is 5.74. The van der Waals surface area contributed by atoms with Gasteiger partial charge in [0, 0.05) is 12.6 Å². The number of likely N-dealkylation sites (N-methyl/N-ethyl adjacent to an activating group) is 1. The first-order valence-corrected chi connectivity index (χ1v) is 9.43. The Bertz CT molecular complexity index is 683. The van der Waals surface area contributed by atoms with Crippen LogP contribution in [0.25, 0.3) is 0 Å². The number of urea groups is 1. The van der Waals surface area contributed by atoms with Crippen molar-refractivity contribution in [2.45, 2.75) is 31.3 Å². The van der Waals surface area contributed by atoms with E-state index in [1.54, 1.807) is 0 Å². The van der Waals surface area contributed by atoms with Gasteiger partial charge in [-0.15, -0.1) is 0 Å². The molecular formula is C22H29N3O. The molecule has 1 aliphatic rings. The molecule has 2 amide bonds. The molecule has 4 heteroatoms. The van der Waals surface area contributed by atoms with E-state index >= 15 is 0 Å². The fraction of sp³-hybridized carbons (Fsp3) is 0.409. The van der Waals surface area contributed by atoms with Gasteiger partial charge in [0.15, 0.2) is 0 Å². The van der Waals surface area contributed by atoms with Crippen molar-refractivity contribution in [3.05, 3.63) is 71.8 Å². The summed E-state index contributed by atoms with van der Waals surface area (Å²) in [6.07, 6.45) is 3.29. The minimum atomic E-state index is -0.0781. The molecule has 1 unspecified atom stereocenters. The highest BCUT2D eigenvalue weighted by Crippen LogP contribution is 2.40. The number of rotatable bonds is 8. The van der Waals surface area contributed by atoms with Crippen molar-refractivity contribution >= 4 is 6.03 Å². The standard InChI is InChI=1S/C22H29N3O/c1-25(2)20(15-17-9-5-3-6-10-17)16-23-22(26)24-21(19-13-14-19)18-11-7-4-8-12-18/h3-12,19-21H,13-16H2,1-2H3,(H2,23,24,26)/t20?,21-/m1/s1. The minimum Gasteiger partial charge on any atom is -0.337 e. The van der Waals surface area contributed by atoms with Crippen molar-refractivity contribution in [2.75, 3.05) is 20.6 Å². The van der Waals surface area contributed by atoms with E-state index in [1.807, 2.05) is 24.3 Å². The van der Waals surface area contributed by atoms with Gasteiger partial charge in [0.25, 0.3) is 0 Å². The molecule has 3 rings (SSSR count). The molecule has 138 valence electrons. The van der Waals surface area contributed by atoms with Crippen molar-refractivity contribution in [2.24, 2.45) is 5.92 Å². The predicted octanol–water partition coefficient (Wildman–Crippen LogP) is 3.61. The quantitative estimate of drug-likeness (QED) is 0.763. The van der Waals surface area contributed by atoms with E-state index < -0.39 is 0 Å². The van der Waals surface area contributed by atoms with Crippen molar-refractivity contribution in [3.63, 3.8) is 0 Å². The molecular weight excluding hydrogens is 322 g/mol. The van der Waals surface area contributed by atoms with Crippen LogP contribution in [0.5, 0.6) is 0 Å². The second kappa shape index (κ2) is 8.86. The predicted molar refractivity (Wildman–Crippen MR) is 106 cm³/mol. The first-order valence-electron chi connectivity index (χ1n) is 9.43. The zero-order chi connectivity index (χ0) is 18.4. The van der Waals surface area contributed by atoms with Crippen LogP contribution in [0.2, 0.25) is 0 Å². The normalized spacial score (nSPS) is 16.1. The number of benzene rings is 2. The Morgan fingerprint density at radius 2 is 1.65 bits per heavy atom. The zero-order valence-corrected chi connectivity index (χ0v) is 15.7. The Balaban J connectivity index is 1.54. The summed E-state index contributed by atoms with van der Waals surface area (Å²) in [5.41, 5.74) is 2.48. The first-order chi connectivity index (χ1) is 12.6. The largest absolute Gasteiger partial charge is 0.337 e. The summed E-state index contributed by atoms with van der Waals surface area (Å²) in [5, 5.41) is 6.26. The van der Waals surface area contributed by atoms with Gasteiger partial charge in [0.1, 0.15) is 0 Å². The summed E-state index contributed by atoms with van der Waals surface area (Å²) in [4.78, 5) is 14.7. The van der Waals surface area contributed by atoms with Crippen molar-refractivity contribution in [1.29, 1.82) is 0 Å². The Hall–Kier alpha value is -2.33. The van der Waals surface area contributed by atoms with Gasteiger partial charge in [0.2, 0.25) is 0 Å². The fourth-order valence-corrected chi connectivity index (χ4v) is 3.29. The van der Waals surface area contributed by atoms with E-state index in [0.717, 1.165) is 6.42 Å². The molecule has 0 bridgehead atoms. The van der Waals surface area contributed by atoms with Gasteiger partial charge in [0.05, 0.1) is 6.04 Å². The summed E-state index contributed by atoms with van der Waals surface area (Å²) >= 11 is 0. The van der Waals surface area contributed by atoms with Crippen LogP contribution in [0.1, 0.15) is 30.0 Å². The lowest BCUT2D eigenvalue weighted by atomic mass is 10.0. The number of carbonyl (C=O) groups excluding carboxylic acids is 1. The lowest BCUT2D eigenvalue weighted by Crippen LogP contribution is -2.46. The van der Waals surface area contributed by atoms with E-state index in [0.29, 0.717) is 12.5 Å². The molecule has 4 nitrogen and oxygen atoms in total. The maximum atomic E-state index is 12.5. The summed E-state index contributed by atoms with van der Waals surface area (Å²) in [7, 11) is 4.12. The van der Waals surface area contributed by atoms with Crippen LogP contribution in [0, 0.1) is 5.92 Å². The van der Waals surface area contributed by atoms with Gasteiger partial charge in [-0.25, -0.2) is 4.79 Å². The monoisotopic (exact) mass is 351 g/mol. The second-order valence-corrected chi connectivity index (χ2v) is 7.39. The molecule has 0 saturated heterocycles. The van der Waals surface area contributed by atoms with Gasteiger partial charge in [-0.3, -0.25) is 0 Å². The van der Waals surface area contributed by atoms with E-state index in [2.05, 4.69) is 66.0 Å². The molecule has 1 saturated carbocycles. The molecule has 1 aliphatic carbocycles. The summed E-state index contributed by atoms with van der Waals surface area (Å²) in [6.45, 7) is 0.625. The molecule has 0 aromatic heterocycles. The molecule has 2 aromatic carbocycles. The third-order valence-corrected chi connectivity index (χ3v) is 5.08. The van der Waals surface area contributed by atoms with Crippen LogP contribution in [-0.4, -0.2) is 37.6 Å². The molecule has 1 fully saturated rings. The third-order valence-electron chi connectivity index (χ3n) is 5.08. The molecule has 2 atom stereocenters. The molecule has 26 heavy (non-hydrogen) atoms. The number of amides is 2. The Kier molecular flexibility index (Phi) is 6.29. The molecule has 0 spiro atoms. The summed E-state index contributed by atoms with van der Waals surface area (Å²) in [5.74, 6) is 0.567. The average molecular weight is 351 g/mol. The van der Waals surface area contributed by atoms with Crippen molar-refractivity contribution in [1.82, 2.24) is 15.5 Å². The number of hydrogen-bond donors (Lipinski definition) is 2. The Labute approximate surface area is 156 Å². The lowest BCUT2D eigenvalue weighted by Gasteiger charge is -2.26. The Morgan fingerprint density at radius 3 is 2.23 bits per heavy atom. The Morgan fingerprint density at radius 1 is 1.04 bits per heavy atom. The summed E-state index contributed by atoms with van der Waals surface area (Å²) in [6, 6.07) is 21.0. The van der Waals surface area contributed by atoms with Crippen LogP contribution >= 0.6 is 0 Å². The zero-order valence-electron chi connectivity index (χ0n) is 15.7. The van der Waals surface area contributed by atoms with E-state index in [1.165, 1.54) is 24.0 Å². The van der Waals surface area contributed by atoms with Crippen LogP contribution in [0.4, 0.5) is 4.79 Å². The number of carbonyl (C=O) groups is 1. The molecule has 2 N–H and O–H groups in total. The van der Waals surface area contributed by atoms with Crippen molar-refractivity contribution < 1.29 is 4.79 Å². The van der Waals surface area contributed by atoms with Gasteiger partial charge >= 0.3 is 6.03 Å². The number of hydrogen-bond acceptors (Lipinski definition) is 2. The molecule has 2 aromatic rings. The van der Waals surface area contributed by atoms with Gasteiger partial charge < -0.3 is 15.5 Å². The maximum absolute atomic E-state index is 12.5. The average Bonchev–Trinajstić information content (AvgIpc) is 3.49. The van der Waals surface area contributed by atoms with Gasteiger partial charge in [-0.05, 0) is 50.4 Å². The highest BCUT2D eigenvalue weighted by Gasteiger charge is 2.33. The SMILES string of the molecule is CN(C)C(CNC(=O)N[C@H](c1ccccc1)C1CC1)Cc1ccccc1.